The van der Waals surface area contributed by atoms with E-state index in [2.05, 4.69) is 10.2 Å². The number of amides is 1. The molecule has 6 nitrogen and oxygen atoms in total. The number of nitrogens with zero attached hydrogens (tertiary/aromatic N) is 3. The maximum Gasteiger partial charge on any atom is 0.289 e. The van der Waals surface area contributed by atoms with Crippen molar-refractivity contribution in [1.82, 2.24) is 20.0 Å². The van der Waals surface area contributed by atoms with E-state index in [4.69, 9.17) is 4.42 Å². The van der Waals surface area contributed by atoms with Gasteiger partial charge in [0.15, 0.2) is 5.76 Å². The number of H-pyrrole nitrogens is 1. The number of piperidine rings is 1. The molecule has 1 atom stereocenters. The van der Waals surface area contributed by atoms with Crippen LogP contribution in [0.2, 0.25) is 0 Å². The summed E-state index contributed by atoms with van der Waals surface area (Å²) in [7, 11) is 3.95. The van der Waals surface area contributed by atoms with Gasteiger partial charge in [-0.15, -0.1) is 0 Å². The van der Waals surface area contributed by atoms with Gasteiger partial charge in [-0.2, -0.15) is 5.10 Å². The normalized spacial score (nSPS) is 18.9. The third-order valence-corrected chi connectivity index (χ3v) is 4.02. The molecule has 1 unspecified atom stereocenters. The zero-order valence-electron chi connectivity index (χ0n) is 13.1. The van der Waals surface area contributed by atoms with Crippen molar-refractivity contribution in [2.45, 2.75) is 25.3 Å². The van der Waals surface area contributed by atoms with Gasteiger partial charge in [0, 0.05) is 30.9 Å². The van der Waals surface area contributed by atoms with Gasteiger partial charge in [-0.3, -0.25) is 9.89 Å². The van der Waals surface area contributed by atoms with Gasteiger partial charge in [0.25, 0.3) is 5.91 Å². The lowest BCUT2D eigenvalue weighted by Crippen LogP contribution is -2.39. The fourth-order valence-corrected chi connectivity index (χ4v) is 2.95. The van der Waals surface area contributed by atoms with Crippen LogP contribution >= 0.6 is 0 Å². The van der Waals surface area contributed by atoms with E-state index in [1.165, 1.54) is 0 Å². The molecule has 118 valence electrons. The van der Waals surface area contributed by atoms with E-state index in [0.717, 1.165) is 30.8 Å². The van der Waals surface area contributed by atoms with Crippen molar-refractivity contribution >= 4 is 5.91 Å². The van der Waals surface area contributed by atoms with Crippen LogP contribution in [0.4, 0.5) is 0 Å². The SMILES string of the molecule is CN(C)Cc1ccc(C(=O)N2CCCC(c3ccn[nH]3)C2)o1. The Balaban J connectivity index is 1.67. The van der Waals surface area contributed by atoms with Crippen LogP contribution in [0.1, 0.15) is 40.8 Å². The molecule has 6 heteroatoms. The van der Waals surface area contributed by atoms with Crippen molar-refractivity contribution in [3.8, 4) is 0 Å². The van der Waals surface area contributed by atoms with Gasteiger partial charge in [-0.1, -0.05) is 0 Å². The average molecular weight is 302 g/mol. The van der Waals surface area contributed by atoms with Crippen molar-refractivity contribution in [3.63, 3.8) is 0 Å². The molecular formula is C16H22N4O2. The number of likely N-dealkylation sites (tertiary alicyclic amines) is 1. The predicted octanol–water partition coefficient (Wildman–Crippen LogP) is 2.08. The van der Waals surface area contributed by atoms with Gasteiger partial charge in [0.05, 0.1) is 6.54 Å². The van der Waals surface area contributed by atoms with E-state index >= 15 is 0 Å². The number of hydrogen-bond donors (Lipinski definition) is 1. The Morgan fingerprint density at radius 2 is 2.32 bits per heavy atom. The maximum absolute atomic E-state index is 12.6. The summed E-state index contributed by atoms with van der Waals surface area (Å²) in [6.07, 6.45) is 3.84. The fraction of sp³-hybridized carbons (Fsp3) is 0.500. The van der Waals surface area contributed by atoms with Crippen molar-refractivity contribution in [3.05, 3.63) is 41.6 Å². The summed E-state index contributed by atoms with van der Waals surface area (Å²) in [4.78, 5) is 16.5. The molecule has 1 aliphatic rings. The van der Waals surface area contributed by atoms with Gasteiger partial charge < -0.3 is 14.2 Å². The summed E-state index contributed by atoms with van der Waals surface area (Å²) in [5.41, 5.74) is 1.10. The first kappa shape index (κ1) is 14.8. The van der Waals surface area contributed by atoms with Crippen molar-refractivity contribution in [2.75, 3.05) is 27.2 Å². The van der Waals surface area contributed by atoms with Crippen LogP contribution in [0.15, 0.2) is 28.8 Å². The monoisotopic (exact) mass is 302 g/mol. The fourth-order valence-electron chi connectivity index (χ4n) is 2.95. The highest BCUT2D eigenvalue weighted by molar-refractivity contribution is 5.91. The Labute approximate surface area is 130 Å². The average Bonchev–Trinajstić information content (AvgIpc) is 3.17. The lowest BCUT2D eigenvalue weighted by Gasteiger charge is -2.31. The molecule has 2 aromatic heterocycles. The van der Waals surface area contributed by atoms with Crippen LogP contribution in [-0.2, 0) is 6.54 Å². The molecule has 0 saturated carbocycles. The zero-order valence-corrected chi connectivity index (χ0v) is 13.1. The molecule has 1 amide bonds. The van der Waals surface area contributed by atoms with E-state index in [9.17, 15) is 4.79 Å². The Morgan fingerprint density at radius 1 is 1.45 bits per heavy atom. The molecule has 0 bridgehead atoms. The Morgan fingerprint density at radius 3 is 3.05 bits per heavy atom. The summed E-state index contributed by atoms with van der Waals surface area (Å²) >= 11 is 0. The van der Waals surface area contributed by atoms with Gasteiger partial charge >= 0.3 is 0 Å². The summed E-state index contributed by atoms with van der Waals surface area (Å²) in [6.45, 7) is 2.20. The third kappa shape index (κ3) is 3.22. The van der Waals surface area contributed by atoms with E-state index in [1.54, 1.807) is 12.3 Å². The van der Waals surface area contributed by atoms with Crippen LogP contribution < -0.4 is 0 Å². The van der Waals surface area contributed by atoms with Gasteiger partial charge in [-0.05, 0) is 45.1 Å². The first-order valence-electron chi connectivity index (χ1n) is 7.65. The quantitative estimate of drug-likeness (QED) is 0.939. The molecule has 2 aromatic rings. The molecule has 22 heavy (non-hydrogen) atoms. The lowest BCUT2D eigenvalue weighted by molar-refractivity contribution is 0.0670. The zero-order chi connectivity index (χ0) is 15.5. The predicted molar refractivity (Wildman–Crippen MR) is 82.6 cm³/mol. The van der Waals surface area contributed by atoms with E-state index < -0.39 is 0 Å². The van der Waals surface area contributed by atoms with Gasteiger partial charge in [0.1, 0.15) is 5.76 Å². The minimum absolute atomic E-state index is 0.0192. The number of carbonyl (C=O) groups is 1. The Hall–Kier alpha value is -2.08. The molecule has 0 spiro atoms. The van der Waals surface area contributed by atoms with Crippen LogP contribution in [0.5, 0.6) is 0 Å². The van der Waals surface area contributed by atoms with Gasteiger partial charge in [-0.25, -0.2) is 0 Å². The first-order valence-corrected chi connectivity index (χ1v) is 7.65. The number of carbonyl (C=O) groups excluding carboxylic acids is 1. The standard InChI is InChI=1S/C16H22N4O2/c1-19(2)11-13-5-6-15(22-13)16(21)20-9-3-4-12(10-20)14-7-8-17-18-14/h5-8,12H,3-4,9-11H2,1-2H3,(H,17,18). The number of rotatable bonds is 4. The van der Waals surface area contributed by atoms with Crippen LogP contribution in [-0.4, -0.2) is 53.1 Å². The second-order valence-electron chi connectivity index (χ2n) is 6.11. The number of furan rings is 1. The molecule has 1 saturated heterocycles. The molecule has 1 fully saturated rings. The van der Waals surface area contributed by atoms with Crippen molar-refractivity contribution in [1.29, 1.82) is 0 Å². The molecule has 3 heterocycles. The van der Waals surface area contributed by atoms with Crippen LogP contribution in [0, 0.1) is 0 Å². The lowest BCUT2D eigenvalue weighted by atomic mass is 9.95. The highest BCUT2D eigenvalue weighted by Gasteiger charge is 2.27. The number of aromatic amines is 1. The third-order valence-electron chi connectivity index (χ3n) is 4.02. The minimum atomic E-state index is -0.0192. The smallest absolute Gasteiger partial charge is 0.289 e. The summed E-state index contributed by atoms with van der Waals surface area (Å²) in [5, 5.41) is 7.02. The maximum atomic E-state index is 12.6. The molecule has 1 N–H and O–H groups in total. The molecular weight excluding hydrogens is 280 g/mol. The number of nitrogens with one attached hydrogen (secondary N) is 1. The molecule has 0 aromatic carbocycles. The summed E-state index contributed by atoms with van der Waals surface area (Å²) < 4.78 is 5.68. The Bertz CT molecular complexity index is 618. The van der Waals surface area contributed by atoms with Crippen LogP contribution in [0.25, 0.3) is 0 Å². The van der Waals surface area contributed by atoms with Crippen molar-refractivity contribution in [2.24, 2.45) is 0 Å². The molecule has 0 aliphatic carbocycles. The van der Waals surface area contributed by atoms with E-state index in [-0.39, 0.29) is 5.91 Å². The molecule has 3 rings (SSSR count). The summed E-state index contributed by atoms with van der Waals surface area (Å²) in [6, 6.07) is 5.64. The van der Waals surface area contributed by atoms with E-state index in [0.29, 0.717) is 24.8 Å². The minimum Gasteiger partial charge on any atom is -0.455 e. The van der Waals surface area contributed by atoms with Gasteiger partial charge in [0.2, 0.25) is 0 Å². The largest absolute Gasteiger partial charge is 0.455 e. The second-order valence-corrected chi connectivity index (χ2v) is 6.11. The molecule has 0 radical (unpaired) electrons. The topological polar surface area (TPSA) is 65.4 Å². The molecule has 1 aliphatic heterocycles. The first-order chi connectivity index (χ1) is 10.6. The number of hydrogen-bond acceptors (Lipinski definition) is 4. The van der Waals surface area contributed by atoms with E-state index in [1.807, 2.05) is 36.0 Å². The Kier molecular flexibility index (Phi) is 4.29. The highest BCUT2D eigenvalue weighted by atomic mass is 16.4. The highest BCUT2D eigenvalue weighted by Crippen LogP contribution is 2.26. The second kappa shape index (κ2) is 6.36. The number of aromatic nitrogens is 2. The van der Waals surface area contributed by atoms with Crippen LogP contribution in [0.3, 0.4) is 0 Å². The van der Waals surface area contributed by atoms with Crippen molar-refractivity contribution < 1.29 is 9.21 Å². The summed E-state index contributed by atoms with van der Waals surface area (Å²) in [5.74, 6) is 1.56.